The van der Waals surface area contributed by atoms with Gasteiger partial charge in [-0.3, -0.25) is 0 Å². The maximum atomic E-state index is 4.92. The standard InChI is InChI=1S/C19H22N2/c1-16-12-14-21(15-13-16)19(17-8-4-2-5-9-17)20-18-10-6-3-7-11-18/h2-11,16H,12-15H2,1H3. The van der Waals surface area contributed by atoms with E-state index in [2.05, 4.69) is 54.3 Å². The van der Waals surface area contributed by atoms with Crippen LogP contribution < -0.4 is 0 Å². The number of para-hydroxylation sites is 1. The van der Waals surface area contributed by atoms with Crippen molar-refractivity contribution in [3.05, 3.63) is 66.2 Å². The molecular formula is C19H22N2. The van der Waals surface area contributed by atoms with Crippen LogP contribution in [0.3, 0.4) is 0 Å². The van der Waals surface area contributed by atoms with Gasteiger partial charge in [0.1, 0.15) is 5.84 Å². The molecule has 3 rings (SSSR count). The fourth-order valence-electron chi connectivity index (χ4n) is 2.75. The van der Waals surface area contributed by atoms with Gasteiger partial charge in [0.25, 0.3) is 0 Å². The number of likely N-dealkylation sites (tertiary alicyclic amines) is 1. The van der Waals surface area contributed by atoms with Gasteiger partial charge >= 0.3 is 0 Å². The van der Waals surface area contributed by atoms with Crippen LogP contribution in [0.15, 0.2) is 65.7 Å². The number of rotatable bonds is 2. The molecule has 0 bridgehead atoms. The minimum Gasteiger partial charge on any atom is -0.356 e. The topological polar surface area (TPSA) is 15.6 Å². The zero-order valence-corrected chi connectivity index (χ0v) is 12.6. The van der Waals surface area contributed by atoms with Gasteiger partial charge in [-0.1, -0.05) is 55.5 Å². The van der Waals surface area contributed by atoms with Gasteiger partial charge in [0.2, 0.25) is 0 Å². The number of aliphatic imine (C=N–C) groups is 1. The summed E-state index contributed by atoms with van der Waals surface area (Å²) in [5.41, 5.74) is 2.23. The van der Waals surface area contributed by atoms with Gasteiger partial charge in [0, 0.05) is 18.7 Å². The molecule has 21 heavy (non-hydrogen) atoms. The largest absolute Gasteiger partial charge is 0.356 e. The molecule has 0 saturated carbocycles. The highest BCUT2D eigenvalue weighted by Gasteiger charge is 2.20. The van der Waals surface area contributed by atoms with Crippen LogP contribution in [0.1, 0.15) is 25.3 Å². The zero-order valence-electron chi connectivity index (χ0n) is 12.6. The van der Waals surface area contributed by atoms with Crippen molar-refractivity contribution in [2.45, 2.75) is 19.8 Å². The fourth-order valence-corrected chi connectivity index (χ4v) is 2.75. The molecule has 1 heterocycles. The Hall–Kier alpha value is -2.09. The van der Waals surface area contributed by atoms with E-state index in [0.29, 0.717) is 0 Å². The van der Waals surface area contributed by atoms with Crippen molar-refractivity contribution in [2.24, 2.45) is 10.9 Å². The van der Waals surface area contributed by atoms with Crippen molar-refractivity contribution in [1.29, 1.82) is 0 Å². The minimum atomic E-state index is 0.829. The maximum Gasteiger partial charge on any atom is 0.136 e. The first-order valence-electron chi connectivity index (χ1n) is 7.77. The third-order valence-electron chi connectivity index (χ3n) is 4.11. The van der Waals surface area contributed by atoms with Crippen LogP contribution in [0.25, 0.3) is 0 Å². The van der Waals surface area contributed by atoms with Crippen molar-refractivity contribution in [2.75, 3.05) is 13.1 Å². The zero-order chi connectivity index (χ0) is 14.5. The molecule has 0 N–H and O–H groups in total. The molecule has 0 spiro atoms. The lowest BCUT2D eigenvalue weighted by Gasteiger charge is -2.33. The number of nitrogens with zero attached hydrogens (tertiary/aromatic N) is 2. The van der Waals surface area contributed by atoms with Crippen LogP contribution in [0.5, 0.6) is 0 Å². The molecule has 2 aromatic rings. The Labute approximate surface area is 127 Å². The highest BCUT2D eigenvalue weighted by molar-refractivity contribution is 6.00. The first-order valence-corrected chi connectivity index (χ1v) is 7.77. The van der Waals surface area contributed by atoms with Crippen LogP contribution in [0.2, 0.25) is 0 Å². The Balaban J connectivity index is 1.94. The lowest BCUT2D eigenvalue weighted by atomic mass is 9.98. The van der Waals surface area contributed by atoms with Gasteiger partial charge in [0.15, 0.2) is 0 Å². The molecule has 0 aromatic heterocycles. The van der Waals surface area contributed by atoms with Gasteiger partial charge in [-0.15, -0.1) is 0 Å². The quantitative estimate of drug-likeness (QED) is 0.583. The summed E-state index contributed by atoms with van der Waals surface area (Å²) in [6.07, 6.45) is 2.50. The first-order chi connectivity index (χ1) is 10.3. The maximum absolute atomic E-state index is 4.92. The molecule has 0 radical (unpaired) electrons. The van der Waals surface area contributed by atoms with E-state index in [1.165, 1.54) is 18.4 Å². The lowest BCUT2D eigenvalue weighted by Crippen LogP contribution is -2.38. The summed E-state index contributed by atoms with van der Waals surface area (Å²) >= 11 is 0. The van der Waals surface area contributed by atoms with E-state index < -0.39 is 0 Å². The van der Waals surface area contributed by atoms with Gasteiger partial charge < -0.3 is 4.90 Å². The van der Waals surface area contributed by atoms with Gasteiger partial charge in [-0.2, -0.15) is 0 Å². The number of hydrogen-bond donors (Lipinski definition) is 0. The van der Waals surface area contributed by atoms with Gasteiger partial charge in [-0.05, 0) is 30.9 Å². The van der Waals surface area contributed by atoms with Gasteiger partial charge in [-0.25, -0.2) is 4.99 Å². The Morgan fingerprint density at radius 2 is 1.48 bits per heavy atom. The SMILES string of the molecule is CC1CCN(C(=Nc2ccccc2)c2ccccc2)CC1. The molecule has 2 nitrogen and oxygen atoms in total. The van der Waals surface area contributed by atoms with Crippen LogP contribution in [0.4, 0.5) is 5.69 Å². The molecule has 0 amide bonds. The summed E-state index contributed by atoms with van der Waals surface area (Å²) in [7, 11) is 0. The van der Waals surface area contributed by atoms with Crippen molar-refractivity contribution in [3.63, 3.8) is 0 Å². The highest BCUT2D eigenvalue weighted by atomic mass is 15.2. The summed E-state index contributed by atoms with van der Waals surface area (Å²) in [6.45, 7) is 4.54. The van der Waals surface area contributed by atoms with E-state index in [0.717, 1.165) is 30.5 Å². The minimum absolute atomic E-state index is 0.829. The van der Waals surface area contributed by atoms with Crippen LogP contribution in [-0.2, 0) is 0 Å². The highest BCUT2D eigenvalue weighted by Crippen LogP contribution is 2.21. The summed E-state index contributed by atoms with van der Waals surface area (Å²) in [5.74, 6) is 1.93. The number of piperidine rings is 1. The Kier molecular flexibility index (Phi) is 4.34. The van der Waals surface area contributed by atoms with Gasteiger partial charge in [0.05, 0.1) is 5.69 Å². The summed E-state index contributed by atoms with van der Waals surface area (Å²) in [4.78, 5) is 7.35. The first kappa shape index (κ1) is 13.9. The normalized spacial score (nSPS) is 17.0. The fraction of sp³-hybridized carbons (Fsp3) is 0.316. The Bertz CT molecular complexity index is 581. The lowest BCUT2D eigenvalue weighted by molar-refractivity contribution is 0.281. The van der Waals surface area contributed by atoms with Crippen LogP contribution >= 0.6 is 0 Å². The van der Waals surface area contributed by atoms with Crippen molar-refractivity contribution in [3.8, 4) is 0 Å². The molecule has 1 fully saturated rings. The monoisotopic (exact) mass is 278 g/mol. The molecule has 1 aliphatic heterocycles. The van der Waals surface area contributed by atoms with E-state index in [9.17, 15) is 0 Å². The average molecular weight is 278 g/mol. The molecule has 0 atom stereocenters. The van der Waals surface area contributed by atoms with E-state index >= 15 is 0 Å². The predicted molar refractivity (Wildman–Crippen MR) is 89.1 cm³/mol. The molecule has 0 aliphatic carbocycles. The second-order valence-electron chi connectivity index (χ2n) is 5.81. The second-order valence-corrected chi connectivity index (χ2v) is 5.81. The number of amidine groups is 1. The molecule has 2 aromatic carbocycles. The second kappa shape index (κ2) is 6.57. The number of hydrogen-bond acceptors (Lipinski definition) is 1. The molecule has 1 saturated heterocycles. The van der Waals surface area contributed by atoms with Crippen molar-refractivity contribution < 1.29 is 0 Å². The van der Waals surface area contributed by atoms with Crippen LogP contribution in [-0.4, -0.2) is 23.8 Å². The number of benzene rings is 2. The van der Waals surface area contributed by atoms with E-state index in [4.69, 9.17) is 4.99 Å². The van der Waals surface area contributed by atoms with Crippen molar-refractivity contribution >= 4 is 11.5 Å². The Morgan fingerprint density at radius 3 is 2.10 bits per heavy atom. The molecule has 0 unspecified atom stereocenters. The molecule has 2 heteroatoms. The summed E-state index contributed by atoms with van der Waals surface area (Å²) < 4.78 is 0. The predicted octanol–water partition coefficient (Wildman–Crippen LogP) is 4.50. The van der Waals surface area contributed by atoms with E-state index in [1.807, 2.05) is 18.2 Å². The summed E-state index contributed by atoms with van der Waals surface area (Å²) in [5, 5.41) is 0. The molecular weight excluding hydrogens is 256 g/mol. The van der Waals surface area contributed by atoms with E-state index in [-0.39, 0.29) is 0 Å². The third-order valence-corrected chi connectivity index (χ3v) is 4.11. The smallest absolute Gasteiger partial charge is 0.136 e. The van der Waals surface area contributed by atoms with E-state index in [1.54, 1.807) is 0 Å². The average Bonchev–Trinajstić information content (AvgIpc) is 2.55. The third kappa shape index (κ3) is 3.52. The Morgan fingerprint density at radius 1 is 0.905 bits per heavy atom. The molecule has 1 aliphatic rings. The summed E-state index contributed by atoms with van der Waals surface area (Å²) in [6, 6.07) is 20.8. The van der Waals surface area contributed by atoms with Crippen molar-refractivity contribution in [1.82, 2.24) is 4.90 Å². The molecule has 108 valence electrons. The van der Waals surface area contributed by atoms with Crippen LogP contribution in [0, 0.1) is 5.92 Å².